The molecule has 0 aliphatic heterocycles. The Morgan fingerprint density at radius 1 is 1.19 bits per heavy atom. The van der Waals surface area contributed by atoms with Crippen molar-refractivity contribution in [2.24, 2.45) is 0 Å². The summed E-state index contributed by atoms with van der Waals surface area (Å²) < 4.78 is 2.03. The number of aryl methyl sites for hydroxylation is 4. The average molecular weight is 289 g/mol. The van der Waals surface area contributed by atoms with Crippen molar-refractivity contribution in [3.8, 4) is 0 Å². The fraction of sp³-hybridized carbons (Fsp3) is 0.625. The Bertz CT molecular complexity index is 535. The molecule has 2 aromatic heterocycles. The first-order valence-corrected chi connectivity index (χ1v) is 7.74. The minimum absolute atomic E-state index is 0.998. The van der Waals surface area contributed by atoms with Crippen molar-refractivity contribution in [2.45, 2.75) is 46.6 Å². The van der Waals surface area contributed by atoms with Gasteiger partial charge in [-0.25, -0.2) is 0 Å². The van der Waals surface area contributed by atoms with E-state index in [0.29, 0.717) is 0 Å². The van der Waals surface area contributed by atoms with Crippen LogP contribution in [0.15, 0.2) is 12.4 Å². The van der Waals surface area contributed by atoms with Crippen LogP contribution in [-0.2, 0) is 13.0 Å². The first-order chi connectivity index (χ1) is 10.1. The molecule has 0 aliphatic carbocycles. The lowest BCUT2D eigenvalue weighted by atomic mass is 10.1. The molecule has 1 N–H and O–H groups in total. The van der Waals surface area contributed by atoms with Crippen LogP contribution in [0.3, 0.4) is 0 Å². The lowest BCUT2D eigenvalue weighted by Crippen LogP contribution is -2.22. The molecular weight excluding hydrogens is 262 g/mol. The Morgan fingerprint density at radius 3 is 2.57 bits per heavy atom. The molecule has 5 heteroatoms. The van der Waals surface area contributed by atoms with E-state index in [1.54, 1.807) is 0 Å². The molecule has 0 aliphatic rings. The van der Waals surface area contributed by atoms with Gasteiger partial charge in [0.25, 0.3) is 0 Å². The number of nitrogens with one attached hydrogen (secondary N) is 1. The smallest absolute Gasteiger partial charge is 0.0625 e. The Labute approximate surface area is 127 Å². The third kappa shape index (κ3) is 4.70. The van der Waals surface area contributed by atoms with E-state index >= 15 is 0 Å². The fourth-order valence-corrected chi connectivity index (χ4v) is 2.67. The predicted octanol–water partition coefficient (Wildman–Crippen LogP) is 2.49. The number of aromatic nitrogens is 4. The summed E-state index contributed by atoms with van der Waals surface area (Å²) in [6.07, 6.45) is 7.45. The normalized spacial score (nSPS) is 11.5. The predicted molar refractivity (Wildman–Crippen MR) is 85.5 cm³/mol. The number of aromatic amines is 1. The second-order valence-corrected chi connectivity index (χ2v) is 5.95. The highest BCUT2D eigenvalue weighted by molar-refractivity contribution is 5.23. The molecule has 2 aromatic rings. The Morgan fingerprint density at radius 2 is 1.95 bits per heavy atom. The second-order valence-electron chi connectivity index (χ2n) is 5.95. The van der Waals surface area contributed by atoms with Gasteiger partial charge in [-0.1, -0.05) is 0 Å². The number of hydrogen-bond donors (Lipinski definition) is 1. The minimum atomic E-state index is 0.998. The standard InChI is InChI=1S/C16H27N5/c1-13-11-17-21(12-13)10-6-9-20(4)8-5-7-16-14(2)18-19-15(16)3/h11-12H,5-10H2,1-4H3,(H,18,19). The summed E-state index contributed by atoms with van der Waals surface area (Å²) in [5, 5.41) is 11.6. The van der Waals surface area contributed by atoms with E-state index in [1.165, 1.54) is 23.2 Å². The van der Waals surface area contributed by atoms with Crippen LogP contribution in [0.4, 0.5) is 0 Å². The van der Waals surface area contributed by atoms with Crippen LogP contribution in [0.25, 0.3) is 0 Å². The Balaban J connectivity index is 1.62. The summed E-state index contributed by atoms with van der Waals surface area (Å²) in [6, 6.07) is 0. The molecule has 2 rings (SSSR count). The van der Waals surface area contributed by atoms with E-state index in [-0.39, 0.29) is 0 Å². The SMILES string of the molecule is Cc1cnn(CCCN(C)CCCc2c(C)n[nH]c2C)c1. The van der Waals surface area contributed by atoms with Crippen LogP contribution < -0.4 is 0 Å². The van der Waals surface area contributed by atoms with Crippen LogP contribution in [0.1, 0.15) is 35.4 Å². The van der Waals surface area contributed by atoms with Gasteiger partial charge < -0.3 is 4.90 Å². The monoisotopic (exact) mass is 289 g/mol. The molecule has 21 heavy (non-hydrogen) atoms. The summed E-state index contributed by atoms with van der Waals surface area (Å²) in [4.78, 5) is 2.40. The largest absolute Gasteiger partial charge is 0.306 e. The summed E-state index contributed by atoms with van der Waals surface area (Å²) >= 11 is 0. The lowest BCUT2D eigenvalue weighted by molar-refractivity contribution is 0.314. The van der Waals surface area contributed by atoms with Gasteiger partial charge in [0.15, 0.2) is 0 Å². The average Bonchev–Trinajstić information content (AvgIpc) is 2.99. The van der Waals surface area contributed by atoms with E-state index < -0.39 is 0 Å². The van der Waals surface area contributed by atoms with Crippen molar-refractivity contribution in [2.75, 3.05) is 20.1 Å². The molecular formula is C16H27N5. The quantitative estimate of drug-likeness (QED) is 0.812. The van der Waals surface area contributed by atoms with E-state index in [9.17, 15) is 0 Å². The van der Waals surface area contributed by atoms with Gasteiger partial charge in [0.2, 0.25) is 0 Å². The van der Waals surface area contributed by atoms with E-state index in [2.05, 4.69) is 54.2 Å². The molecule has 0 fully saturated rings. The van der Waals surface area contributed by atoms with E-state index in [0.717, 1.165) is 38.2 Å². The van der Waals surface area contributed by atoms with E-state index in [1.807, 2.05) is 10.9 Å². The molecule has 2 heterocycles. The molecule has 0 saturated heterocycles. The van der Waals surface area contributed by atoms with Crippen LogP contribution in [0.5, 0.6) is 0 Å². The van der Waals surface area contributed by atoms with Crippen LogP contribution >= 0.6 is 0 Å². The van der Waals surface area contributed by atoms with Crippen LogP contribution in [-0.4, -0.2) is 45.0 Å². The van der Waals surface area contributed by atoms with Gasteiger partial charge >= 0.3 is 0 Å². The molecule has 0 amide bonds. The van der Waals surface area contributed by atoms with Gasteiger partial charge in [0, 0.05) is 18.4 Å². The topological polar surface area (TPSA) is 49.7 Å². The minimum Gasteiger partial charge on any atom is -0.306 e. The first-order valence-electron chi connectivity index (χ1n) is 7.74. The second kappa shape index (κ2) is 7.41. The van der Waals surface area contributed by atoms with Crippen molar-refractivity contribution in [1.29, 1.82) is 0 Å². The third-order valence-corrected chi connectivity index (χ3v) is 3.94. The number of H-pyrrole nitrogens is 1. The fourth-order valence-electron chi connectivity index (χ4n) is 2.67. The zero-order valence-corrected chi connectivity index (χ0v) is 13.7. The van der Waals surface area contributed by atoms with Gasteiger partial charge in [-0.15, -0.1) is 0 Å². The summed E-state index contributed by atoms with van der Waals surface area (Å²) in [5.41, 5.74) is 4.97. The van der Waals surface area contributed by atoms with Gasteiger partial charge in [-0.3, -0.25) is 9.78 Å². The van der Waals surface area contributed by atoms with Crippen LogP contribution in [0, 0.1) is 20.8 Å². The zero-order valence-electron chi connectivity index (χ0n) is 13.7. The van der Waals surface area contributed by atoms with Gasteiger partial charge in [0.05, 0.1) is 11.9 Å². The first kappa shape index (κ1) is 15.8. The van der Waals surface area contributed by atoms with Crippen molar-refractivity contribution in [1.82, 2.24) is 24.9 Å². The summed E-state index contributed by atoms with van der Waals surface area (Å²) in [6.45, 7) is 9.50. The number of nitrogens with zero attached hydrogens (tertiary/aromatic N) is 4. The molecule has 0 atom stereocenters. The molecule has 0 saturated carbocycles. The van der Waals surface area contributed by atoms with Crippen molar-refractivity contribution in [3.05, 3.63) is 34.9 Å². The van der Waals surface area contributed by atoms with Gasteiger partial charge in [-0.05, 0) is 71.3 Å². The highest BCUT2D eigenvalue weighted by Crippen LogP contribution is 2.11. The van der Waals surface area contributed by atoms with Crippen molar-refractivity contribution in [3.63, 3.8) is 0 Å². The van der Waals surface area contributed by atoms with E-state index in [4.69, 9.17) is 0 Å². The maximum Gasteiger partial charge on any atom is 0.0625 e. The molecule has 5 nitrogen and oxygen atoms in total. The summed E-state index contributed by atoms with van der Waals surface area (Å²) in [7, 11) is 2.20. The van der Waals surface area contributed by atoms with Crippen molar-refractivity contribution >= 4 is 0 Å². The van der Waals surface area contributed by atoms with Crippen LogP contribution in [0.2, 0.25) is 0 Å². The van der Waals surface area contributed by atoms with Crippen molar-refractivity contribution < 1.29 is 0 Å². The summed E-state index contributed by atoms with van der Waals surface area (Å²) in [5.74, 6) is 0. The maximum atomic E-state index is 4.32. The molecule has 0 unspecified atom stereocenters. The molecule has 0 bridgehead atoms. The Hall–Kier alpha value is -1.62. The molecule has 0 spiro atoms. The highest BCUT2D eigenvalue weighted by Gasteiger charge is 2.06. The van der Waals surface area contributed by atoms with Gasteiger partial charge in [0.1, 0.15) is 0 Å². The molecule has 0 aromatic carbocycles. The third-order valence-electron chi connectivity index (χ3n) is 3.94. The lowest BCUT2D eigenvalue weighted by Gasteiger charge is -2.16. The molecule has 0 radical (unpaired) electrons. The number of rotatable bonds is 8. The maximum absolute atomic E-state index is 4.32. The Kier molecular flexibility index (Phi) is 5.56. The highest BCUT2D eigenvalue weighted by atomic mass is 15.3. The molecule has 116 valence electrons. The number of hydrogen-bond acceptors (Lipinski definition) is 3. The zero-order chi connectivity index (χ0) is 15.2. The van der Waals surface area contributed by atoms with Gasteiger partial charge in [-0.2, -0.15) is 10.2 Å².